The summed E-state index contributed by atoms with van der Waals surface area (Å²) in [5.74, 6) is 0. The molecule has 2 aliphatic rings. The minimum Gasteiger partial charge on any atom is -0.310 e. The average Bonchev–Trinajstić information content (AvgIpc) is 3.75. The summed E-state index contributed by atoms with van der Waals surface area (Å²) in [4.78, 5) is 4.58. The van der Waals surface area contributed by atoms with Crippen molar-refractivity contribution >= 4 is 45.7 Å². The standard InChI is InChI=1S/C55H37ClN2/c56-40-15-13-20-44(36-40)58(46-22-14-21-45(37-46)57(41-16-3-1-4-17-41)42-18-5-2-6-19-42)43-32-29-38(30-33-43)39-31-34-50-49-25-9-12-28-53(49)55(54(50)35-39)51-26-10-7-23-47(51)48-24-8-11-27-52(48)55/h1-37H. The van der Waals surface area contributed by atoms with E-state index in [1.54, 1.807) is 0 Å². The van der Waals surface area contributed by atoms with Crippen LogP contribution in [0.1, 0.15) is 22.3 Å². The maximum Gasteiger partial charge on any atom is 0.0725 e. The summed E-state index contributed by atoms with van der Waals surface area (Å²) in [5.41, 5.74) is 18.9. The number of hydrogen-bond acceptors (Lipinski definition) is 2. The molecule has 58 heavy (non-hydrogen) atoms. The maximum atomic E-state index is 6.67. The van der Waals surface area contributed by atoms with Crippen LogP contribution in [0.4, 0.5) is 34.1 Å². The molecule has 3 heteroatoms. The number of anilines is 6. The molecule has 0 fully saturated rings. The van der Waals surface area contributed by atoms with E-state index in [1.165, 1.54) is 50.1 Å². The molecule has 9 aromatic rings. The fourth-order valence-electron chi connectivity index (χ4n) is 9.51. The van der Waals surface area contributed by atoms with Crippen LogP contribution in [-0.2, 0) is 5.41 Å². The molecule has 11 rings (SSSR count). The SMILES string of the molecule is Clc1cccc(N(c2ccc(-c3ccc4c(c3)C3(c5ccccc5-c5ccccc53)c3ccccc3-4)cc2)c2cccc(N(c3ccccc3)c3ccccc3)c2)c1. The van der Waals surface area contributed by atoms with Gasteiger partial charge < -0.3 is 9.80 Å². The van der Waals surface area contributed by atoms with Crippen molar-refractivity contribution in [2.75, 3.05) is 9.80 Å². The number of benzene rings is 9. The Balaban J connectivity index is 1.02. The molecule has 2 aliphatic carbocycles. The summed E-state index contributed by atoms with van der Waals surface area (Å²) in [7, 11) is 0. The predicted octanol–water partition coefficient (Wildman–Crippen LogP) is 15.3. The molecule has 2 nitrogen and oxygen atoms in total. The van der Waals surface area contributed by atoms with Gasteiger partial charge in [0, 0.05) is 39.1 Å². The van der Waals surface area contributed by atoms with E-state index in [0.29, 0.717) is 5.02 Å². The molecule has 0 aromatic heterocycles. The van der Waals surface area contributed by atoms with Gasteiger partial charge in [-0.1, -0.05) is 157 Å². The van der Waals surface area contributed by atoms with Crippen LogP contribution < -0.4 is 9.80 Å². The zero-order chi connectivity index (χ0) is 38.6. The number of fused-ring (bicyclic) bond motifs is 10. The van der Waals surface area contributed by atoms with Crippen LogP contribution in [0.2, 0.25) is 5.02 Å². The molecule has 0 saturated heterocycles. The minimum atomic E-state index is -0.378. The van der Waals surface area contributed by atoms with Crippen LogP contribution in [0.25, 0.3) is 33.4 Å². The van der Waals surface area contributed by atoms with Gasteiger partial charge in [-0.3, -0.25) is 0 Å². The molecule has 0 saturated carbocycles. The Labute approximate surface area is 344 Å². The summed E-state index contributed by atoms with van der Waals surface area (Å²) in [6.45, 7) is 0. The lowest BCUT2D eigenvalue weighted by atomic mass is 9.70. The van der Waals surface area contributed by atoms with Gasteiger partial charge in [0.05, 0.1) is 5.41 Å². The van der Waals surface area contributed by atoms with Gasteiger partial charge in [-0.05, 0) is 134 Å². The van der Waals surface area contributed by atoms with Crippen LogP contribution in [0.3, 0.4) is 0 Å². The van der Waals surface area contributed by atoms with Gasteiger partial charge in [-0.15, -0.1) is 0 Å². The van der Waals surface area contributed by atoms with E-state index in [2.05, 4.69) is 216 Å². The normalized spacial score (nSPS) is 12.7. The molecule has 0 amide bonds. The maximum absolute atomic E-state index is 6.67. The van der Waals surface area contributed by atoms with E-state index in [9.17, 15) is 0 Å². The lowest BCUT2D eigenvalue weighted by molar-refractivity contribution is 0.794. The van der Waals surface area contributed by atoms with Crippen molar-refractivity contribution in [3.63, 3.8) is 0 Å². The van der Waals surface area contributed by atoms with Crippen molar-refractivity contribution in [2.24, 2.45) is 0 Å². The van der Waals surface area contributed by atoms with E-state index in [-0.39, 0.29) is 5.41 Å². The first-order chi connectivity index (χ1) is 28.7. The zero-order valence-electron chi connectivity index (χ0n) is 31.6. The Kier molecular flexibility index (Phi) is 8.13. The Hall–Kier alpha value is -7.13. The van der Waals surface area contributed by atoms with Crippen LogP contribution in [0.15, 0.2) is 224 Å². The highest BCUT2D eigenvalue weighted by atomic mass is 35.5. The summed E-state index contributed by atoms with van der Waals surface area (Å²) < 4.78 is 0. The predicted molar refractivity (Wildman–Crippen MR) is 243 cm³/mol. The quantitative estimate of drug-likeness (QED) is 0.160. The van der Waals surface area contributed by atoms with Crippen molar-refractivity contribution in [3.8, 4) is 33.4 Å². The van der Waals surface area contributed by atoms with Crippen molar-refractivity contribution in [2.45, 2.75) is 5.41 Å². The van der Waals surface area contributed by atoms with E-state index in [0.717, 1.165) is 39.7 Å². The van der Waals surface area contributed by atoms with E-state index >= 15 is 0 Å². The lowest BCUT2D eigenvalue weighted by Crippen LogP contribution is -2.25. The smallest absolute Gasteiger partial charge is 0.0725 e. The topological polar surface area (TPSA) is 6.48 Å². The van der Waals surface area contributed by atoms with Gasteiger partial charge >= 0.3 is 0 Å². The Morgan fingerprint density at radius 2 is 0.672 bits per heavy atom. The largest absolute Gasteiger partial charge is 0.310 e. The second-order valence-electron chi connectivity index (χ2n) is 15.0. The van der Waals surface area contributed by atoms with E-state index < -0.39 is 0 Å². The molecule has 0 N–H and O–H groups in total. The molecule has 0 atom stereocenters. The molecule has 0 aliphatic heterocycles. The highest BCUT2D eigenvalue weighted by molar-refractivity contribution is 6.30. The monoisotopic (exact) mass is 760 g/mol. The number of halogens is 1. The molecular formula is C55H37ClN2. The minimum absolute atomic E-state index is 0.378. The van der Waals surface area contributed by atoms with Gasteiger partial charge in [0.15, 0.2) is 0 Å². The summed E-state index contributed by atoms with van der Waals surface area (Å²) in [5, 5.41) is 0.689. The third-order valence-electron chi connectivity index (χ3n) is 11.9. The van der Waals surface area contributed by atoms with Crippen molar-refractivity contribution in [3.05, 3.63) is 252 Å². The van der Waals surface area contributed by atoms with Crippen LogP contribution in [-0.4, -0.2) is 0 Å². The van der Waals surface area contributed by atoms with Crippen LogP contribution in [0, 0.1) is 0 Å². The molecule has 0 bridgehead atoms. The molecule has 0 unspecified atom stereocenters. The first-order valence-electron chi connectivity index (χ1n) is 19.8. The Bertz CT molecular complexity index is 2870. The van der Waals surface area contributed by atoms with Crippen molar-refractivity contribution in [1.82, 2.24) is 0 Å². The molecule has 9 aromatic carbocycles. The van der Waals surface area contributed by atoms with Gasteiger partial charge in [-0.2, -0.15) is 0 Å². The zero-order valence-corrected chi connectivity index (χ0v) is 32.4. The molecule has 1 spiro atoms. The number of hydrogen-bond donors (Lipinski definition) is 0. The Morgan fingerprint density at radius 1 is 0.276 bits per heavy atom. The van der Waals surface area contributed by atoms with Crippen LogP contribution in [0.5, 0.6) is 0 Å². The third kappa shape index (κ3) is 5.34. The molecule has 0 radical (unpaired) electrons. The summed E-state index contributed by atoms with van der Waals surface area (Å²) in [6.07, 6.45) is 0. The first kappa shape index (κ1) is 34.1. The van der Waals surface area contributed by atoms with E-state index in [4.69, 9.17) is 11.6 Å². The Morgan fingerprint density at radius 3 is 1.21 bits per heavy atom. The number of para-hydroxylation sites is 2. The number of rotatable bonds is 7. The summed E-state index contributed by atoms with van der Waals surface area (Å²) in [6, 6.07) is 80.8. The highest BCUT2D eigenvalue weighted by Crippen LogP contribution is 2.63. The highest BCUT2D eigenvalue weighted by Gasteiger charge is 2.51. The fourth-order valence-corrected chi connectivity index (χ4v) is 9.70. The van der Waals surface area contributed by atoms with E-state index in [1.807, 2.05) is 18.2 Å². The molecular weight excluding hydrogens is 724 g/mol. The van der Waals surface area contributed by atoms with Gasteiger partial charge in [0.1, 0.15) is 0 Å². The fraction of sp³-hybridized carbons (Fsp3) is 0.0182. The van der Waals surface area contributed by atoms with Gasteiger partial charge in [0.25, 0.3) is 0 Å². The summed E-state index contributed by atoms with van der Waals surface area (Å²) >= 11 is 6.67. The second-order valence-corrected chi connectivity index (χ2v) is 15.5. The van der Waals surface area contributed by atoms with Gasteiger partial charge in [-0.25, -0.2) is 0 Å². The lowest BCUT2D eigenvalue weighted by Gasteiger charge is -2.30. The number of nitrogens with zero attached hydrogens (tertiary/aromatic N) is 2. The van der Waals surface area contributed by atoms with Crippen LogP contribution >= 0.6 is 11.6 Å². The third-order valence-corrected chi connectivity index (χ3v) is 12.1. The molecule has 0 heterocycles. The second kappa shape index (κ2) is 13.8. The molecule has 274 valence electrons. The van der Waals surface area contributed by atoms with Crippen molar-refractivity contribution < 1.29 is 0 Å². The van der Waals surface area contributed by atoms with Gasteiger partial charge in [0.2, 0.25) is 0 Å². The van der Waals surface area contributed by atoms with Crippen molar-refractivity contribution in [1.29, 1.82) is 0 Å². The first-order valence-corrected chi connectivity index (χ1v) is 20.2. The average molecular weight is 761 g/mol.